The molecule has 0 fully saturated rings. The molecule has 0 spiro atoms. The van der Waals surface area contributed by atoms with Gasteiger partial charge in [-0.05, 0) is 65.7 Å². The zero-order valence-corrected chi connectivity index (χ0v) is 26.4. The summed E-state index contributed by atoms with van der Waals surface area (Å²) in [5.74, 6) is 0. The van der Waals surface area contributed by atoms with Crippen molar-refractivity contribution >= 4 is 82.5 Å². The van der Waals surface area contributed by atoms with Crippen LogP contribution in [0.3, 0.4) is 0 Å². The number of furan rings is 2. The first-order valence-electron chi connectivity index (χ1n) is 15.9. The molecule has 48 heavy (non-hydrogen) atoms. The number of anilines is 3. The van der Waals surface area contributed by atoms with E-state index in [1.807, 2.05) is 24.3 Å². The maximum atomic E-state index is 6.56. The van der Waals surface area contributed by atoms with E-state index in [1.54, 1.807) is 11.3 Å². The van der Waals surface area contributed by atoms with Crippen molar-refractivity contribution in [3.63, 3.8) is 0 Å². The predicted molar refractivity (Wildman–Crippen MR) is 200 cm³/mol. The average molecular weight is 635 g/mol. The van der Waals surface area contributed by atoms with E-state index in [4.69, 9.17) is 13.8 Å². The molecule has 0 amide bonds. The van der Waals surface area contributed by atoms with Gasteiger partial charge in [0.1, 0.15) is 27.3 Å². The topological polar surface area (TPSA) is 42.4 Å². The largest absolute Gasteiger partial charge is 0.456 e. The highest BCUT2D eigenvalue weighted by Crippen LogP contribution is 2.43. The van der Waals surface area contributed by atoms with Gasteiger partial charge in [-0.2, -0.15) is 0 Å². The molecule has 0 unspecified atom stereocenters. The molecule has 0 saturated carbocycles. The number of fused-ring (bicyclic) bond motifs is 8. The molecule has 10 rings (SSSR count). The highest BCUT2D eigenvalue weighted by Gasteiger charge is 2.20. The number of benzene rings is 7. The Morgan fingerprint density at radius 1 is 0.438 bits per heavy atom. The van der Waals surface area contributed by atoms with Gasteiger partial charge in [-0.25, -0.2) is 4.98 Å². The average Bonchev–Trinajstić information content (AvgIpc) is 3.85. The van der Waals surface area contributed by atoms with Crippen LogP contribution in [-0.2, 0) is 0 Å². The van der Waals surface area contributed by atoms with E-state index in [-0.39, 0.29) is 0 Å². The summed E-state index contributed by atoms with van der Waals surface area (Å²) in [6, 6.07) is 54.9. The number of hydrogen-bond acceptors (Lipinski definition) is 5. The highest BCUT2D eigenvalue weighted by atomic mass is 32.1. The molecule has 0 aliphatic heterocycles. The van der Waals surface area contributed by atoms with Crippen LogP contribution in [0.4, 0.5) is 17.1 Å². The molecule has 0 bridgehead atoms. The SMILES string of the molecule is c1ccc(-c2cccc(N(c3ccc4c(c3)oc3ccccc34)c3ccc4c(c3)oc3ccc5sc(-c6ccccc6)nc5c34)c2)cc1. The predicted octanol–water partition coefficient (Wildman–Crippen LogP) is 12.9. The second kappa shape index (κ2) is 10.7. The van der Waals surface area contributed by atoms with Gasteiger partial charge in [0, 0.05) is 50.9 Å². The summed E-state index contributed by atoms with van der Waals surface area (Å²) >= 11 is 1.71. The van der Waals surface area contributed by atoms with E-state index in [2.05, 4.69) is 138 Å². The fourth-order valence-corrected chi connectivity index (χ4v) is 7.82. The fraction of sp³-hybridized carbons (Fsp3) is 0. The first-order valence-corrected chi connectivity index (χ1v) is 16.8. The van der Waals surface area contributed by atoms with Crippen LogP contribution in [0.25, 0.3) is 75.8 Å². The second-order valence-electron chi connectivity index (χ2n) is 12.0. The van der Waals surface area contributed by atoms with E-state index in [1.165, 1.54) is 5.56 Å². The van der Waals surface area contributed by atoms with Crippen molar-refractivity contribution in [2.24, 2.45) is 0 Å². The summed E-state index contributed by atoms with van der Waals surface area (Å²) in [5, 5.41) is 5.32. The molecule has 0 aliphatic carbocycles. The molecule has 5 heteroatoms. The van der Waals surface area contributed by atoms with Gasteiger partial charge in [-0.3, -0.25) is 0 Å². The summed E-state index contributed by atoms with van der Waals surface area (Å²) in [6.45, 7) is 0. The smallest absolute Gasteiger partial charge is 0.137 e. The minimum absolute atomic E-state index is 0.818. The molecule has 0 atom stereocenters. The zero-order chi connectivity index (χ0) is 31.6. The van der Waals surface area contributed by atoms with Crippen molar-refractivity contribution in [2.45, 2.75) is 0 Å². The highest BCUT2D eigenvalue weighted by molar-refractivity contribution is 7.21. The van der Waals surface area contributed by atoms with Crippen LogP contribution in [-0.4, -0.2) is 4.98 Å². The van der Waals surface area contributed by atoms with Crippen molar-refractivity contribution < 1.29 is 8.83 Å². The third-order valence-electron chi connectivity index (χ3n) is 9.09. The minimum Gasteiger partial charge on any atom is -0.456 e. The molecule has 10 aromatic rings. The van der Waals surface area contributed by atoms with Gasteiger partial charge in [-0.1, -0.05) is 91.0 Å². The number of hydrogen-bond donors (Lipinski definition) is 0. The molecule has 0 aliphatic rings. The zero-order valence-electron chi connectivity index (χ0n) is 25.6. The van der Waals surface area contributed by atoms with Gasteiger partial charge in [0.15, 0.2) is 0 Å². The number of para-hydroxylation sites is 1. The first-order chi connectivity index (χ1) is 23.8. The Labute approximate surface area is 279 Å². The molecular weight excluding hydrogens is 609 g/mol. The molecule has 0 N–H and O–H groups in total. The Morgan fingerprint density at radius 2 is 1.06 bits per heavy atom. The lowest BCUT2D eigenvalue weighted by Crippen LogP contribution is -2.09. The van der Waals surface area contributed by atoms with Gasteiger partial charge in [-0.15, -0.1) is 11.3 Å². The molecule has 7 aromatic carbocycles. The number of aromatic nitrogens is 1. The van der Waals surface area contributed by atoms with Crippen LogP contribution in [0.5, 0.6) is 0 Å². The maximum absolute atomic E-state index is 6.56. The molecular formula is C43H26N2O2S. The lowest BCUT2D eigenvalue weighted by molar-refractivity contribution is 0.669. The van der Waals surface area contributed by atoms with Crippen molar-refractivity contribution in [3.05, 3.63) is 158 Å². The van der Waals surface area contributed by atoms with Gasteiger partial charge in [0.05, 0.1) is 15.6 Å². The van der Waals surface area contributed by atoms with Gasteiger partial charge < -0.3 is 13.7 Å². The van der Waals surface area contributed by atoms with E-state index < -0.39 is 0 Å². The summed E-state index contributed by atoms with van der Waals surface area (Å²) in [6.07, 6.45) is 0. The van der Waals surface area contributed by atoms with E-state index >= 15 is 0 Å². The van der Waals surface area contributed by atoms with Crippen LogP contribution in [0.2, 0.25) is 0 Å². The van der Waals surface area contributed by atoms with Crippen molar-refractivity contribution in [2.75, 3.05) is 4.90 Å². The summed E-state index contributed by atoms with van der Waals surface area (Å²) in [4.78, 5) is 7.38. The van der Waals surface area contributed by atoms with E-state index in [0.717, 1.165) is 87.3 Å². The van der Waals surface area contributed by atoms with Gasteiger partial charge >= 0.3 is 0 Å². The lowest BCUT2D eigenvalue weighted by atomic mass is 10.0. The molecule has 0 radical (unpaired) electrons. The van der Waals surface area contributed by atoms with Crippen molar-refractivity contribution in [1.29, 1.82) is 0 Å². The quantitative estimate of drug-likeness (QED) is 0.189. The van der Waals surface area contributed by atoms with E-state index in [9.17, 15) is 0 Å². The lowest BCUT2D eigenvalue weighted by Gasteiger charge is -2.26. The monoisotopic (exact) mass is 634 g/mol. The van der Waals surface area contributed by atoms with Crippen LogP contribution in [0.15, 0.2) is 167 Å². The van der Waals surface area contributed by atoms with E-state index in [0.29, 0.717) is 0 Å². The Bertz CT molecular complexity index is 2790. The van der Waals surface area contributed by atoms with Crippen LogP contribution >= 0.6 is 11.3 Å². The Morgan fingerprint density at radius 3 is 1.88 bits per heavy atom. The third kappa shape index (κ3) is 4.33. The summed E-state index contributed by atoms with van der Waals surface area (Å²) < 4.78 is 14.0. The van der Waals surface area contributed by atoms with Crippen LogP contribution in [0, 0.1) is 0 Å². The number of rotatable bonds is 5. The fourth-order valence-electron chi connectivity index (χ4n) is 6.84. The molecule has 3 aromatic heterocycles. The molecule has 0 saturated heterocycles. The Kier molecular flexibility index (Phi) is 6.01. The second-order valence-corrected chi connectivity index (χ2v) is 13.0. The Balaban J connectivity index is 1.16. The number of nitrogens with zero attached hydrogens (tertiary/aromatic N) is 2. The Hall–Kier alpha value is -6.17. The molecule has 226 valence electrons. The van der Waals surface area contributed by atoms with Crippen molar-refractivity contribution in [3.8, 4) is 21.7 Å². The molecule has 4 nitrogen and oxygen atoms in total. The minimum atomic E-state index is 0.818. The van der Waals surface area contributed by atoms with Crippen molar-refractivity contribution in [1.82, 2.24) is 4.98 Å². The maximum Gasteiger partial charge on any atom is 0.137 e. The summed E-state index contributed by atoms with van der Waals surface area (Å²) in [7, 11) is 0. The standard InChI is InChI=1S/C43H26N2O2S/c1-3-10-27(11-4-1)29-14-9-15-30(24-29)45(31-18-20-34-33-16-7-8-17-36(33)46-38(34)25-31)32-19-21-35-39(26-32)47-37-22-23-40-42(41(35)37)44-43(48-40)28-12-5-2-6-13-28/h1-26H. The summed E-state index contributed by atoms with van der Waals surface area (Å²) in [5.41, 5.74) is 10.8. The van der Waals surface area contributed by atoms with Gasteiger partial charge in [0.2, 0.25) is 0 Å². The van der Waals surface area contributed by atoms with Gasteiger partial charge in [0.25, 0.3) is 0 Å². The number of thiazole rings is 1. The molecule has 3 heterocycles. The van der Waals surface area contributed by atoms with Crippen LogP contribution in [0.1, 0.15) is 0 Å². The van der Waals surface area contributed by atoms with Crippen LogP contribution < -0.4 is 4.90 Å². The first kappa shape index (κ1) is 27.0. The third-order valence-corrected chi connectivity index (χ3v) is 10.2. The normalized spacial score (nSPS) is 11.8.